The van der Waals surface area contributed by atoms with E-state index in [-0.39, 0.29) is 5.92 Å². The molecule has 1 saturated heterocycles. The van der Waals surface area contributed by atoms with Gasteiger partial charge in [-0.05, 0) is 12.8 Å². The molecule has 3 heterocycles. The monoisotopic (exact) mass is 377 g/mol. The molecule has 5 nitrogen and oxygen atoms in total. The van der Waals surface area contributed by atoms with E-state index in [1.165, 1.54) is 6.33 Å². The molecule has 10 heteroatoms. The van der Waals surface area contributed by atoms with E-state index in [9.17, 15) is 13.2 Å². The van der Waals surface area contributed by atoms with Crippen LogP contribution in [0.5, 0.6) is 0 Å². The summed E-state index contributed by atoms with van der Waals surface area (Å²) in [5.74, 6) is 0.605. The normalized spacial score (nSPS) is 18.7. The van der Waals surface area contributed by atoms with Crippen molar-refractivity contribution >= 4 is 34.4 Å². The van der Waals surface area contributed by atoms with Crippen LogP contribution in [0.2, 0.25) is 5.15 Å². The molecule has 1 fully saturated rings. The number of anilines is 2. The van der Waals surface area contributed by atoms with Crippen LogP contribution in [0.15, 0.2) is 11.7 Å². The smallest absolute Gasteiger partial charge is 0.383 e. The summed E-state index contributed by atoms with van der Waals surface area (Å²) in [7, 11) is 1.73. The van der Waals surface area contributed by atoms with E-state index < -0.39 is 11.9 Å². The molecule has 0 aromatic carbocycles. The van der Waals surface area contributed by atoms with Gasteiger partial charge in [0.15, 0.2) is 16.7 Å². The Kier molecular flexibility index (Phi) is 4.82. The molecule has 0 amide bonds. The molecule has 0 aliphatic carbocycles. The second kappa shape index (κ2) is 6.72. The maximum atomic E-state index is 12.7. The van der Waals surface area contributed by atoms with Crippen molar-refractivity contribution < 1.29 is 13.2 Å². The highest BCUT2D eigenvalue weighted by Crippen LogP contribution is 2.37. The van der Waals surface area contributed by atoms with Crippen LogP contribution in [0.3, 0.4) is 0 Å². The van der Waals surface area contributed by atoms with Crippen LogP contribution in [0.1, 0.15) is 29.5 Å². The fourth-order valence-electron chi connectivity index (χ4n) is 2.79. The van der Waals surface area contributed by atoms with Crippen molar-refractivity contribution in [1.29, 1.82) is 0 Å². The second-order valence-electron chi connectivity index (χ2n) is 5.47. The Morgan fingerprint density at radius 2 is 2.17 bits per heavy atom. The first-order chi connectivity index (χ1) is 11.4. The van der Waals surface area contributed by atoms with Crippen LogP contribution in [-0.2, 0) is 6.18 Å². The van der Waals surface area contributed by atoms with E-state index in [1.807, 2.05) is 4.90 Å². The highest BCUT2D eigenvalue weighted by molar-refractivity contribution is 7.09. The first-order valence-corrected chi connectivity index (χ1v) is 8.61. The zero-order chi connectivity index (χ0) is 17.3. The number of hydrogen-bond donors (Lipinski definition) is 1. The van der Waals surface area contributed by atoms with E-state index in [2.05, 4.69) is 20.3 Å². The van der Waals surface area contributed by atoms with Gasteiger partial charge in [-0.15, -0.1) is 11.3 Å². The number of aromatic nitrogens is 3. The maximum absolute atomic E-state index is 12.7. The van der Waals surface area contributed by atoms with Crippen molar-refractivity contribution in [2.75, 3.05) is 30.4 Å². The van der Waals surface area contributed by atoms with E-state index in [0.29, 0.717) is 28.2 Å². The van der Waals surface area contributed by atoms with Gasteiger partial charge < -0.3 is 10.2 Å². The Hall–Kier alpha value is -1.61. The SMILES string of the molecule is CNc1c(Cl)ncnc1N1CCCC(c2nc(C(F)(F)F)cs2)C1. The van der Waals surface area contributed by atoms with Gasteiger partial charge in [-0.1, -0.05) is 11.6 Å². The molecule has 2 aromatic heterocycles. The fourth-order valence-corrected chi connectivity index (χ4v) is 3.96. The summed E-state index contributed by atoms with van der Waals surface area (Å²) in [4.78, 5) is 14.0. The molecule has 1 unspecified atom stereocenters. The molecule has 0 radical (unpaired) electrons. The third-order valence-corrected chi connectivity index (χ3v) is 5.21. The molecule has 0 saturated carbocycles. The lowest BCUT2D eigenvalue weighted by Crippen LogP contribution is -2.35. The molecule has 2 aromatic rings. The lowest BCUT2D eigenvalue weighted by atomic mass is 9.98. The molecule has 1 atom stereocenters. The standard InChI is InChI=1S/C14H15ClF3N5S/c1-19-10-11(15)20-7-21-12(10)23-4-2-3-8(5-23)13-22-9(6-24-13)14(16,17)18/h6-8,19H,2-5H2,1H3. The summed E-state index contributed by atoms with van der Waals surface area (Å²) in [6.45, 7) is 1.31. The topological polar surface area (TPSA) is 53.9 Å². The fraction of sp³-hybridized carbons (Fsp3) is 0.500. The van der Waals surface area contributed by atoms with Crippen LogP contribution in [0.25, 0.3) is 0 Å². The highest BCUT2D eigenvalue weighted by Gasteiger charge is 2.35. The first-order valence-electron chi connectivity index (χ1n) is 7.36. The van der Waals surface area contributed by atoms with Crippen LogP contribution >= 0.6 is 22.9 Å². The number of hydrogen-bond acceptors (Lipinski definition) is 6. The molecule has 1 aliphatic heterocycles. The Morgan fingerprint density at radius 1 is 1.38 bits per heavy atom. The van der Waals surface area contributed by atoms with E-state index in [4.69, 9.17) is 11.6 Å². The van der Waals surface area contributed by atoms with Crippen molar-refractivity contribution in [3.63, 3.8) is 0 Å². The number of nitrogens with one attached hydrogen (secondary N) is 1. The predicted molar refractivity (Wildman–Crippen MR) is 87.9 cm³/mol. The van der Waals surface area contributed by atoms with Crippen molar-refractivity contribution in [3.05, 3.63) is 27.6 Å². The molecule has 1 aliphatic rings. The number of rotatable bonds is 3. The lowest BCUT2D eigenvalue weighted by molar-refractivity contribution is -0.140. The lowest BCUT2D eigenvalue weighted by Gasteiger charge is -2.33. The minimum atomic E-state index is -4.40. The van der Waals surface area contributed by atoms with Crippen molar-refractivity contribution in [2.45, 2.75) is 24.9 Å². The van der Waals surface area contributed by atoms with Crippen LogP contribution in [0.4, 0.5) is 24.7 Å². The molecule has 1 N–H and O–H groups in total. The van der Waals surface area contributed by atoms with Gasteiger partial charge in [-0.25, -0.2) is 15.0 Å². The molecule has 24 heavy (non-hydrogen) atoms. The largest absolute Gasteiger partial charge is 0.434 e. The van der Waals surface area contributed by atoms with Crippen LogP contribution < -0.4 is 10.2 Å². The number of halogens is 4. The Balaban J connectivity index is 1.83. The molecular formula is C14H15ClF3N5S. The van der Waals surface area contributed by atoms with Crippen molar-refractivity contribution in [1.82, 2.24) is 15.0 Å². The van der Waals surface area contributed by atoms with Gasteiger partial charge in [-0.3, -0.25) is 0 Å². The van der Waals surface area contributed by atoms with Crippen molar-refractivity contribution in [3.8, 4) is 0 Å². The average Bonchev–Trinajstić information content (AvgIpc) is 3.05. The van der Waals surface area contributed by atoms with Gasteiger partial charge in [0, 0.05) is 31.4 Å². The van der Waals surface area contributed by atoms with Crippen LogP contribution in [-0.4, -0.2) is 35.1 Å². The van der Waals surface area contributed by atoms with Gasteiger partial charge in [0.05, 0.1) is 5.01 Å². The number of thiazole rings is 1. The summed E-state index contributed by atoms with van der Waals surface area (Å²) < 4.78 is 38.2. The van der Waals surface area contributed by atoms with Gasteiger partial charge in [-0.2, -0.15) is 13.2 Å². The zero-order valence-electron chi connectivity index (χ0n) is 12.8. The molecular weight excluding hydrogens is 363 g/mol. The molecule has 0 bridgehead atoms. The number of piperidine rings is 1. The van der Waals surface area contributed by atoms with Gasteiger partial charge >= 0.3 is 6.18 Å². The summed E-state index contributed by atoms with van der Waals surface area (Å²) in [5.41, 5.74) is -0.199. The van der Waals surface area contributed by atoms with Crippen LogP contribution in [0, 0.1) is 0 Å². The van der Waals surface area contributed by atoms with Gasteiger partial charge in [0.2, 0.25) is 0 Å². The first kappa shape index (κ1) is 17.2. The summed E-state index contributed by atoms with van der Waals surface area (Å²) >= 11 is 7.14. The minimum absolute atomic E-state index is 0.0571. The second-order valence-corrected chi connectivity index (χ2v) is 6.71. The molecule has 0 spiro atoms. The molecule has 130 valence electrons. The molecule has 3 rings (SSSR count). The summed E-state index contributed by atoms with van der Waals surface area (Å²) in [6.07, 6.45) is -1.37. The quantitative estimate of drug-likeness (QED) is 0.818. The van der Waals surface area contributed by atoms with E-state index >= 15 is 0 Å². The Bertz CT molecular complexity index is 721. The van der Waals surface area contributed by atoms with E-state index in [1.54, 1.807) is 7.05 Å². The number of alkyl halides is 3. The third kappa shape index (κ3) is 3.41. The van der Waals surface area contributed by atoms with Gasteiger partial charge in [0.1, 0.15) is 12.0 Å². The Labute approximate surface area is 145 Å². The average molecular weight is 378 g/mol. The van der Waals surface area contributed by atoms with Crippen molar-refractivity contribution in [2.24, 2.45) is 0 Å². The third-order valence-electron chi connectivity index (χ3n) is 3.91. The predicted octanol–water partition coefficient (Wildman–Crippen LogP) is 4.03. The minimum Gasteiger partial charge on any atom is -0.383 e. The number of nitrogens with zero attached hydrogens (tertiary/aromatic N) is 4. The highest BCUT2D eigenvalue weighted by atomic mass is 35.5. The zero-order valence-corrected chi connectivity index (χ0v) is 14.3. The summed E-state index contributed by atoms with van der Waals surface area (Å²) in [5, 5.41) is 4.89. The Morgan fingerprint density at radius 3 is 2.83 bits per heavy atom. The maximum Gasteiger partial charge on any atom is 0.434 e. The van der Waals surface area contributed by atoms with Gasteiger partial charge in [0.25, 0.3) is 0 Å². The summed E-state index contributed by atoms with van der Waals surface area (Å²) in [6, 6.07) is 0. The van der Waals surface area contributed by atoms with E-state index in [0.717, 1.165) is 36.1 Å².